The van der Waals surface area contributed by atoms with Crippen molar-refractivity contribution in [2.24, 2.45) is 0 Å². The average molecular weight is 413 g/mol. The molecule has 1 heterocycles. The third-order valence-corrected chi connectivity index (χ3v) is 5.55. The lowest BCUT2D eigenvalue weighted by atomic mass is 9.84. The summed E-state index contributed by atoms with van der Waals surface area (Å²) in [5.74, 6) is 0.628. The van der Waals surface area contributed by atoms with Crippen LogP contribution >= 0.6 is 35.4 Å². The summed E-state index contributed by atoms with van der Waals surface area (Å²) in [5, 5.41) is 4.84. The van der Waals surface area contributed by atoms with Gasteiger partial charge in [0.25, 0.3) is 0 Å². The van der Waals surface area contributed by atoms with Gasteiger partial charge in [0.15, 0.2) is 16.6 Å². The van der Waals surface area contributed by atoms with Crippen LogP contribution in [0.3, 0.4) is 0 Å². The number of ether oxygens (including phenoxy) is 1. The van der Waals surface area contributed by atoms with Crippen molar-refractivity contribution in [3.05, 3.63) is 39.0 Å². The first kappa shape index (κ1) is 19.5. The van der Waals surface area contributed by atoms with Crippen LogP contribution in [0.15, 0.2) is 23.4 Å². The molecule has 3 rings (SSSR count). The number of benzene rings is 1. The fourth-order valence-electron chi connectivity index (χ4n) is 3.59. The van der Waals surface area contributed by atoms with E-state index in [2.05, 4.69) is 17.1 Å². The van der Waals surface area contributed by atoms with Crippen LogP contribution < -0.4 is 10.1 Å². The SMILES string of the molecule is CCCN1C(=S)NC(c2cc(Cl)c(OCC)c(Cl)c2)C2=C1CCCC2=O. The monoisotopic (exact) mass is 412 g/mol. The van der Waals surface area contributed by atoms with E-state index in [1.807, 2.05) is 6.92 Å². The van der Waals surface area contributed by atoms with E-state index in [0.29, 0.717) is 33.9 Å². The Kier molecular flexibility index (Phi) is 6.10. The molecule has 1 aromatic rings. The third-order valence-electron chi connectivity index (χ3n) is 4.65. The lowest BCUT2D eigenvalue weighted by Crippen LogP contribution is -2.49. The smallest absolute Gasteiger partial charge is 0.173 e. The van der Waals surface area contributed by atoms with E-state index in [4.69, 9.17) is 40.2 Å². The maximum absolute atomic E-state index is 12.7. The van der Waals surface area contributed by atoms with Crippen LogP contribution in [0.5, 0.6) is 5.75 Å². The molecule has 1 unspecified atom stereocenters. The number of Topliss-reactive ketones (excluding diaryl/α,β-unsaturated/α-hetero) is 1. The predicted molar refractivity (Wildman–Crippen MR) is 109 cm³/mol. The summed E-state index contributed by atoms with van der Waals surface area (Å²) in [6.45, 7) is 5.26. The molecule has 26 heavy (non-hydrogen) atoms. The first-order chi connectivity index (χ1) is 12.5. The number of nitrogens with one attached hydrogen (secondary N) is 1. The molecule has 0 amide bonds. The van der Waals surface area contributed by atoms with Gasteiger partial charge < -0.3 is 15.0 Å². The Balaban J connectivity index is 2.08. The van der Waals surface area contributed by atoms with Crippen LogP contribution in [-0.2, 0) is 4.79 Å². The van der Waals surface area contributed by atoms with Crippen molar-refractivity contribution >= 4 is 46.3 Å². The molecule has 0 saturated heterocycles. The van der Waals surface area contributed by atoms with Crippen molar-refractivity contribution in [3.8, 4) is 5.75 Å². The van der Waals surface area contributed by atoms with Crippen molar-refractivity contribution in [2.75, 3.05) is 13.2 Å². The molecule has 0 spiro atoms. The Morgan fingerprint density at radius 3 is 2.58 bits per heavy atom. The summed E-state index contributed by atoms with van der Waals surface area (Å²) in [5.41, 5.74) is 2.65. The van der Waals surface area contributed by atoms with E-state index in [-0.39, 0.29) is 11.8 Å². The minimum Gasteiger partial charge on any atom is -0.491 e. The van der Waals surface area contributed by atoms with E-state index < -0.39 is 0 Å². The van der Waals surface area contributed by atoms with Gasteiger partial charge in [0, 0.05) is 24.2 Å². The first-order valence-corrected chi connectivity index (χ1v) is 10.1. The Bertz CT molecular complexity index is 756. The molecule has 4 nitrogen and oxygen atoms in total. The Labute approximate surface area is 169 Å². The van der Waals surface area contributed by atoms with Gasteiger partial charge in [0.05, 0.1) is 22.7 Å². The fourth-order valence-corrected chi connectivity index (χ4v) is 4.52. The molecule has 2 aliphatic rings. The molecule has 0 aromatic heterocycles. The lowest BCUT2D eigenvalue weighted by Gasteiger charge is -2.41. The van der Waals surface area contributed by atoms with Crippen LogP contribution in [0.1, 0.15) is 51.1 Å². The molecule has 0 radical (unpaired) electrons. The highest BCUT2D eigenvalue weighted by Crippen LogP contribution is 2.41. The second-order valence-corrected chi connectivity index (χ2v) is 7.62. The Morgan fingerprint density at radius 2 is 1.96 bits per heavy atom. The molecular weight excluding hydrogens is 391 g/mol. The van der Waals surface area contributed by atoms with Gasteiger partial charge in [-0.25, -0.2) is 0 Å². The molecule has 1 aliphatic carbocycles. The van der Waals surface area contributed by atoms with Gasteiger partial charge in [-0.05, 0) is 56.1 Å². The zero-order chi connectivity index (χ0) is 18.8. The fraction of sp³-hybridized carbons (Fsp3) is 0.474. The normalized spacial score (nSPS) is 20.2. The number of nitrogens with zero attached hydrogens (tertiary/aromatic N) is 1. The lowest BCUT2D eigenvalue weighted by molar-refractivity contribution is -0.116. The number of allylic oxidation sites excluding steroid dienone is 1. The minimum absolute atomic E-state index is 0.161. The predicted octanol–water partition coefficient (Wildman–Crippen LogP) is 5.04. The molecule has 7 heteroatoms. The number of halogens is 2. The zero-order valence-corrected chi connectivity index (χ0v) is 17.2. The third kappa shape index (κ3) is 3.57. The molecule has 0 fully saturated rings. The highest BCUT2D eigenvalue weighted by molar-refractivity contribution is 7.80. The minimum atomic E-state index is -0.330. The summed E-state index contributed by atoms with van der Waals surface area (Å²) in [4.78, 5) is 14.8. The van der Waals surface area contributed by atoms with Crippen LogP contribution in [0.2, 0.25) is 10.0 Å². The standard InChI is InChI=1S/C19H22Cl2N2O2S/c1-3-8-23-14-6-5-7-15(24)16(14)17(22-19(23)26)11-9-12(20)18(25-4-2)13(21)10-11/h9-10,17H,3-8H2,1-2H3,(H,22,26). The summed E-state index contributed by atoms with van der Waals surface area (Å²) in [7, 11) is 0. The van der Waals surface area contributed by atoms with Crippen LogP contribution in [0.4, 0.5) is 0 Å². The maximum Gasteiger partial charge on any atom is 0.173 e. The molecular formula is C19H22Cl2N2O2S. The number of ketones is 1. The summed E-state index contributed by atoms with van der Waals surface area (Å²) in [6, 6.07) is 3.28. The van der Waals surface area contributed by atoms with Gasteiger partial charge in [-0.1, -0.05) is 30.1 Å². The summed E-state index contributed by atoms with van der Waals surface area (Å²) >= 11 is 18.3. The van der Waals surface area contributed by atoms with E-state index in [1.165, 1.54) is 0 Å². The molecule has 1 aromatic carbocycles. The molecule has 1 N–H and O–H groups in total. The Morgan fingerprint density at radius 1 is 1.27 bits per heavy atom. The van der Waals surface area contributed by atoms with E-state index in [1.54, 1.807) is 12.1 Å². The van der Waals surface area contributed by atoms with Gasteiger partial charge in [0.1, 0.15) is 0 Å². The number of carbonyl (C=O) groups excluding carboxylic acids is 1. The molecule has 0 bridgehead atoms. The highest BCUT2D eigenvalue weighted by atomic mass is 35.5. The quantitative estimate of drug-likeness (QED) is 0.685. The van der Waals surface area contributed by atoms with E-state index in [0.717, 1.165) is 42.6 Å². The number of carbonyl (C=O) groups is 1. The maximum atomic E-state index is 12.7. The number of hydrogen-bond acceptors (Lipinski definition) is 3. The van der Waals surface area contributed by atoms with Crippen LogP contribution in [0.25, 0.3) is 0 Å². The second-order valence-electron chi connectivity index (χ2n) is 6.42. The highest BCUT2D eigenvalue weighted by Gasteiger charge is 2.37. The number of hydrogen-bond donors (Lipinski definition) is 1. The van der Waals surface area contributed by atoms with Crippen molar-refractivity contribution in [1.29, 1.82) is 0 Å². The zero-order valence-electron chi connectivity index (χ0n) is 14.9. The summed E-state index contributed by atoms with van der Waals surface area (Å²) < 4.78 is 5.51. The van der Waals surface area contributed by atoms with Gasteiger partial charge in [-0.15, -0.1) is 0 Å². The first-order valence-electron chi connectivity index (χ1n) is 8.93. The largest absolute Gasteiger partial charge is 0.491 e. The van der Waals surface area contributed by atoms with Gasteiger partial charge in [-0.2, -0.15) is 0 Å². The molecule has 140 valence electrons. The van der Waals surface area contributed by atoms with Crippen LogP contribution in [-0.4, -0.2) is 28.9 Å². The number of thiocarbonyl (C=S) groups is 1. The van der Waals surface area contributed by atoms with Crippen molar-refractivity contribution in [2.45, 2.75) is 45.6 Å². The number of rotatable bonds is 5. The summed E-state index contributed by atoms with van der Waals surface area (Å²) in [6.07, 6.45) is 3.23. The molecule has 1 atom stereocenters. The molecule has 1 aliphatic heterocycles. The van der Waals surface area contributed by atoms with Crippen molar-refractivity contribution in [3.63, 3.8) is 0 Å². The van der Waals surface area contributed by atoms with Crippen molar-refractivity contribution < 1.29 is 9.53 Å². The van der Waals surface area contributed by atoms with Crippen LogP contribution in [0, 0.1) is 0 Å². The van der Waals surface area contributed by atoms with E-state index >= 15 is 0 Å². The molecule has 0 saturated carbocycles. The van der Waals surface area contributed by atoms with E-state index in [9.17, 15) is 4.79 Å². The van der Waals surface area contributed by atoms with Gasteiger partial charge in [0.2, 0.25) is 0 Å². The average Bonchev–Trinajstić information content (AvgIpc) is 2.60. The second kappa shape index (κ2) is 8.15. The topological polar surface area (TPSA) is 41.6 Å². The van der Waals surface area contributed by atoms with Gasteiger partial charge in [-0.3, -0.25) is 4.79 Å². The van der Waals surface area contributed by atoms with Crippen molar-refractivity contribution in [1.82, 2.24) is 10.2 Å². The van der Waals surface area contributed by atoms with Gasteiger partial charge >= 0.3 is 0 Å². The Hall–Kier alpha value is -1.30.